The minimum absolute atomic E-state index is 0.0798. The number of rotatable bonds is 8. The fraction of sp³-hybridized carbons (Fsp3) is 0.278. The predicted molar refractivity (Wildman–Crippen MR) is 112 cm³/mol. The lowest BCUT2D eigenvalue weighted by Crippen LogP contribution is -2.47. The summed E-state index contributed by atoms with van der Waals surface area (Å²) >= 11 is 0. The molecule has 0 bridgehead atoms. The van der Waals surface area contributed by atoms with Gasteiger partial charge in [0.05, 0.1) is 24.6 Å². The Morgan fingerprint density at radius 2 is 2.21 bits per heavy atom. The number of amides is 1. The topological polar surface area (TPSA) is 176 Å². The molecule has 0 spiro atoms. The molecule has 8 N–H and O–H groups in total. The van der Waals surface area contributed by atoms with Crippen molar-refractivity contribution in [3.8, 4) is 0 Å². The molecule has 1 saturated heterocycles. The van der Waals surface area contributed by atoms with E-state index in [1.54, 1.807) is 24.3 Å². The molecule has 3 rings (SSSR count). The molecule has 0 aliphatic carbocycles. The van der Waals surface area contributed by atoms with Gasteiger partial charge in [-0.1, -0.05) is 6.07 Å². The number of primary amides is 1. The summed E-state index contributed by atoms with van der Waals surface area (Å²) in [5.74, 6) is -0.0737. The maximum atomic E-state index is 11.8. The number of hydrogen-bond donors (Lipinski definition) is 6. The number of aromatic nitrogens is 2. The molecule has 2 unspecified atom stereocenters. The van der Waals surface area contributed by atoms with Gasteiger partial charge < -0.3 is 32.2 Å². The van der Waals surface area contributed by atoms with E-state index in [1.807, 2.05) is 0 Å². The van der Waals surface area contributed by atoms with Crippen LogP contribution in [0.1, 0.15) is 16.8 Å². The molecule has 11 nitrogen and oxygen atoms in total. The van der Waals surface area contributed by atoms with Crippen LogP contribution in [0.4, 0.5) is 23.1 Å². The van der Waals surface area contributed by atoms with E-state index < -0.39 is 5.91 Å². The largest absolute Gasteiger partial charge is 0.379 e. The van der Waals surface area contributed by atoms with Gasteiger partial charge in [-0.05, 0) is 24.6 Å². The maximum absolute atomic E-state index is 11.8. The van der Waals surface area contributed by atoms with Gasteiger partial charge in [-0.3, -0.25) is 10.2 Å². The fourth-order valence-electron chi connectivity index (χ4n) is 2.75. The number of hydrogen-bond acceptors (Lipinski definition) is 10. The Kier molecular flexibility index (Phi) is 6.66. The summed E-state index contributed by atoms with van der Waals surface area (Å²) < 4.78 is 5.45. The normalized spacial score (nSPS) is 18.9. The predicted octanol–water partition coefficient (Wildman–Crippen LogP) is 0.894. The summed E-state index contributed by atoms with van der Waals surface area (Å²) in [6, 6.07) is 6.97. The molecular formula is C18H23N9O2. The van der Waals surface area contributed by atoms with Crippen molar-refractivity contribution in [3.05, 3.63) is 36.0 Å². The minimum atomic E-state index is -0.651. The Hall–Kier alpha value is -3.57. The van der Waals surface area contributed by atoms with Crippen molar-refractivity contribution in [1.82, 2.24) is 9.97 Å². The highest BCUT2D eigenvalue weighted by molar-refractivity contribution is 6.14. The third kappa shape index (κ3) is 5.46. The molecule has 0 radical (unpaired) electrons. The van der Waals surface area contributed by atoms with E-state index in [1.165, 1.54) is 12.4 Å². The first-order chi connectivity index (χ1) is 14.1. The second-order valence-electron chi connectivity index (χ2n) is 6.36. The smallest absolute Gasteiger partial charge is 0.254 e. The van der Waals surface area contributed by atoms with E-state index in [2.05, 4.69) is 31.1 Å². The average molecular weight is 397 g/mol. The Bertz CT molecular complexity index is 903. The second kappa shape index (κ2) is 9.57. The fourth-order valence-corrected chi connectivity index (χ4v) is 2.75. The van der Waals surface area contributed by atoms with Crippen molar-refractivity contribution in [3.63, 3.8) is 0 Å². The highest BCUT2D eigenvalue weighted by Gasteiger charge is 2.23. The van der Waals surface area contributed by atoms with Crippen molar-refractivity contribution in [1.29, 1.82) is 5.41 Å². The summed E-state index contributed by atoms with van der Waals surface area (Å²) in [4.78, 5) is 20.4. The van der Waals surface area contributed by atoms with Crippen LogP contribution in [0.15, 0.2) is 35.6 Å². The minimum Gasteiger partial charge on any atom is -0.379 e. The lowest BCUT2D eigenvalue weighted by atomic mass is 10.1. The summed E-state index contributed by atoms with van der Waals surface area (Å²) in [6.45, 7) is 1.08. The first kappa shape index (κ1) is 20.2. The molecule has 2 heterocycles. The van der Waals surface area contributed by atoms with Gasteiger partial charge in [0.15, 0.2) is 0 Å². The van der Waals surface area contributed by atoms with E-state index in [9.17, 15) is 4.79 Å². The molecule has 29 heavy (non-hydrogen) atoms. The van der Waals surface area contributed by atoms with Crippen molar-refractivity contribution >= 4 is 41.5 Å². The molecule has 1 amide bonds. The summed E-state index contributed by atoms with van der Waals surface area (Å²) in [5, 5.41) is 17.0. The third-order valence-electron chi connectivity index (χ3n) is 4.25. The number of carbonyl (C=O) groups is 1. The standard InChI is InChI=1S/C18H23N9O2/c19-5-6-23-27-12-3-1-2-11(8-12)24-17-13(16(21)28)9-22-18(26-17)25-15-10-29-7-4-14(15)20/h1-3,5-6,8-9,14-15,19,27H,4,7,10,20H2,(H2,21,28)(H2,22,24,25,26). The molecule has 1 aromatic carbocycles. The van der Waals surface area contributed by atoms with Gasteiger partial charge in [-0.25, -0.2) is 4.98 Å². The quantitative estimate of drug-likeness (QED) is 0.281. The van der Waals surface area contributed by atoms with Gasteiger partial charge in [0, 0.05) is 30.7 Å². The number of carbonyl (C=O) groups excluding carboxylic acids is 1. The number of hydrazone groups is 1. The zero-order chi connectivity index (χ0) is 20.6. The van der Waals surface area contributed by atoms with Crippen LogP contribution in [0.25, 0.3) is 0 Å². The first-order valence-corrected chi connectivity index (χ1v) is 8.98. The lowest BCUT2D eigenvalue weighted by Gasteiger charge is -2.29. The molecule has 0 saturated carbocycles. The van der Waals surface area contributed by atoms with Gasteiger partial charge in [-0.15, -0.1) is 0 Å². The van der Waals surface area contributed by atoms with Crippen LogP contribution in [0.3, 0.4) is 0 Å². The van der Waals surface area contributed by atoms with Crippen LogP contribution in [0.2, 0.25) is 0 Å². The number of benzene rings is 1. The molecule has 1 aliphatic rings. The van der Waals surface area contributed by atoms with Crippen molar-refractivity contribution in [2.24, 2.45) is 16.6 Å². The average Bonchev–Trinajstić information content (AvgIpc) is 2.70. The zero-order valence-electron chi connectivity index (χ0n) is 15.6. The summed E-state index contributed by atoms with van der Waals surface area (Å²) in [7, 11) is 0. The molecule has 2 aromatic rings. The van der Waals surface area contributed by atoms with Gasteiger partial charge >= 0.3 is 0 Å². The SMILES string of the molecule is N=CC=NNc1cccc(Nc2nc(NC3COCCC3N)ncc2C(N)=O)c1. The highest BCUT2D eigenvalue weighted by atomic mass is 16.5. The Morgan fingerprint density at radius 3 is 2.97 bits per heavy atom. The molecule has 11 heteroatoms. The van der Waals surface area contributed by atoms with Gasteiger partial charge in [0.1, 0.15) is 11.4 Å². The summed E-state index contributed by atoms with van der Waals surface area (Å²) in [5.41, 5.74) is 15.9. The number of nitrogens with two attached hydrogens (primary N) is 2. The maximum Gasteiger partial charge on any atom is 0.254 e. The number of nitrogens with one attached hydrogen (secondary N) is 4. The highest BCUT2D eigenvalue weighted by Crippen LogP contribution is 2.23. The van der Waals surface area contributed by atoms with Crippen LogP contribution < -0.4 is 27.5 Å². The van der Waals surface area contributed by atoms with E-state index in [-0.39, 0.29) is 23.5 Å². The Balaban J connectivity index is 1.81. The lowest BCUT2D eigenvalue weighted by molar-refractivity contribution is 0.0766. The van der Waals surface area contributed by atoms with Crippen LogP contribution in [0, 0.1) is 5.41 Å². The Morgan fingerprint density at radius 1 is 1.38 bits per heavy atom. The van der Waals surface area contributed by atoms with Crippen molar-refractivity contribution in [2.45, 2.75) is 18.5 Å². The van der Waals surface area contributed by atoms with E-state index in [0.717, 1.165) is 12.6 Å². The number of anilines is 4. The van der Waals surface area contributed by atoms with Crippen LogP contribution in [-0.4, -0.2) is 53.6 Å². The molecule has 1 fully saturated rings. The van der Waals surface area contributed by atoms with E-state index in [0.29, 0.717) is 30.5 Å². The number of ether oxygens (including phenoxy) is 1. The van der Waals surface area contributed by atoms with Gasteiger partial charge in [0.2, 0.25) is 5.95 Å². The van der Waals surface area contributed by atoms with Crippen molar-refractivity contribution in [2.75, 3.05) is 29.3 Å². The second-order valence-corrected chi connectivity index (χ2v) is 6.36. The molecule has 1 aromatic heterocycles. The van der Waals surface area contributed by atoms with Crippen LogP contribution in [0.5, 0.6) is 0 Å². The van der Waals surface area contributed by atoms with Crippen molar-refractivity contribution < 1.29 is 9.53 Å². The first-order valence-electron chi connectivity index (χ1n) is 8.98. The third-order valence-corrected chi connectivity index (χ3v) is 4.25. The Labute approximate surface area is 167 Å². The summed E-state index contributed by atoms with van der Waals surface area (Å²) in [6.07, 6.45) is 4.48. The monoisotopic (exact) mass is 397 g/mol. The van der Waals surface area contributed by atoms with Gasteiger partial charge in [-0.2, -0.15) is 10.1 Å². The molecule has 2 atom stereocenters. The zero-order valence-corrected chi connectivity index (χ0v) is 15.6. The van der Waals surface area contributed by atoms with Crippen LogP contribution in [-0.2, 0) is 4.74 Å². The van der Waals surface area contributed by atoms with E-state index >= 15 is 0 Å². The van der Waals surface area contributed by atoms with Crippen LogP contribution >= 0.6 is 0 Å². The molecule has 152 valence electrons. The molecule has 1 aliphatic heterocycles. The number of nitrogens with zero attached hydrogens (tertiary/aromatic N) is 3. The van der Waals surface area contributed by atoms with Gasteiger partial charge in [0.25, 0.3) is 5.91 Å². The van der Waals surface area contributed by atoms with E-state index in [4.69, 9.17) is 21.6 Å². The molecular weight excluding hydrogens is 374 g/mol.